The Morgan fingerprint density at radius 3 is 2.68 bits per heavy atom. The summed E-state index contributed by atoms with van der Waals surface area (Å²) in [7, 11) is 0. The molecule has 0 aromatic rings. The largest absolute Gasteiger partial charge is 0.381 e. The van der Waals surface area contributed by atoms with Crippen molar-refractivity contribution in [1.82, 2.24) is 0 Å². The second-order valence-electron chi connectivity index (χ2n) is 6.31. The van der Waals surface area contributed by atoms with E-state index in [1.165, 1.54) is 6.42 Å². The van der Waals surface area contributed by atoms with Gasteiger partial charge in [-0.3, -0.25) is 4.79 Å². The zero-order chi connectivity index (χ0) is 13.7. The average molecular weight is 268 g/mol. The van der Waals surface area contributed by atoms with Crippen molar-refractivity contribution in [1.29, 1.82) is 0 Å². The maximum absolute atomic E-state index is 12.8. The lowest BCUT2D eigenvalue weighted by Gasteiger charge is -2.39. The molecule has 1 heterocycles. The Morgan fingerprint density at radius 2 is 2.05 bits per heavy atom. The van der Waals surface area contributed by atoms with Crippen LogP contribution in [0.3, 0.4) is 0 Å². The molecule has 2 unspecified atom stereocenters. The van der Waals surface area contributed by atoms with Gasteiger partial charge in [-0.15, -0.1) is 0 Å². The molecule has 0 spiro atoms. The third-order valence-corrected chi connectivity index (χ3v) is 4.70. The van der Waals surface area contributed by atoms with Crippen molar-refractivity contribution in [2.45, 2.75) is 64.4 Å². The van der Waals surface area contributed by atoms with Crippen LogP contribution in [0, 0.1) is 11.8 Å². The van der Waals surface area contributed by atoms with Gasteiger partial charge in [0.05, 0.1) is 0 Å². The highest BCUT2D eigenvalue weighted by molar-refractivity contribution is 5.87. The topological polar surface area (TPSA) is 35.5 Å². The second kappa shape index (κ2) is 6.85. The molecule has 19 heavy (non-hydrogen) atoms. The Hall–Kier alpha value is -0.410. The summed E-state index contributed by atoms with van der Waals surface area (Å²) in [5, 5.41) is 0. The van der Waals surface area contributed by atoms with E-state index in [9.17, 15) is 4.79 Å². The van der Waals surface area contributed by atoms with Crippen molar-refractivity contribution >= 4 is 5.78 Å². The lowest BCUT2D eigenvalue weighted by molar-refractivity contribution is -0.152. The molecule has 0 bridgehead atoms. The highest BCUT2D eigenvalue weighted by atomic mass is 16.5. The van der Waals surface area contributed by atoms with E-state index < -0.39 is 5.60 Å². The van der Waals surface area contributed by atoms with Crippen molar-refractivity contribution in [2.24, 2.45) is 11.8 Å². The van der Waals surface area contributed by atoms with Crippen LogP contribution in [0.1, 0.15) is 58.8 Å². The predicted octanol–water partition coefficient (Wildman–Crippen LogP) is 3.36. The number of ether oxygens (including phenoxy) is 2. The van der Waals surface area contributed by atoms with E-state index in [0.29, 0.717) is 30.6 Å². The summed E-state index contributed by atoms with van der Waals surface area (Å²) >= 11 is 0. The average Bonchev–Trinajstić information content (AvgIpc) is 2.40. The molecule has 2 fully saturated rings. The zero-order valence-electron chi connectivity index (χ0n) is 12.5. The molecule has 0 amide bonds. The van der Waals surface area contributed by atoms with Crippen molar-refractivity contribution in [3.05, 3.63) is 0 Å². The van der Waals surface area contributed by atoms with Crippen molar-refractivity contribution in [2.75, 3.05) is 19.8 Å². The van der Waals surface area contributed by atoms with Crippen LogP contribution < -0.4 is 0 Å². The minimum absolute atomic E-state index is 0.354. The number of hydrogen-bond donors (Lipinski definition) is 0. The Bertz CT molecular complexity index is 292. The molecular weight excluding hydrogens is 240 g/mol. The van der Waals surface area contributed by atoms with E-state index in [4.69, 9.17) is 9.47 Å². The summed E-state index contributed by atoms with van der Waals surface area (Å²) in [5.41, 5.74) is -0.468. The molecule has 1 saturated heterocycles. The van der Waals surface area contributed by atoms with Crippen molar-refractivity contribution < 1.29 is 14.3 Å². The van der Waals surface area contributed by atoms with E-state index in [0.717, 1.165) is 45.3 Å². The summed E-state index contributed by atoms with van der Waals surface area (Å²) < 4.78 is 11.3. The van der Waals surface area contributed by atoms with Crippen LogP contribution >= 0.6 is 0 Å². The van der Waals surface area contributed by atoms with Gasteiger partial charge in [-0.1, -0.05) is 13.3 Å². The van der Waals surface area contributed by atoms with Crippen molar-refractivity contribution in [3.63, 3.8) is 0 Å². The smallest absolute Gasteiger partial charge is 0.164 e. The van der Waals surface area contributed by atoms with Crippen LogP contribution in [-0.2, 0) is 14.3 Å². The summed E-state index contributed by atoms with van der Waals surface area (Å²) in [5.74, 6) is 1.47. The van der Waals surface area contributed by atoms with Gasteiger partial charge in [-0.05, 0) is 50.9 Å². The normalized spacial score (nSPS) is 33.3. The van der Waals surface area contributed by atoms with Gasteiger partial charge >= 0.3 is 0 Å². The first-order valence-electron chi connectivity index (χ1n) is 7.91. The van der Waals surface area contributed by atoms with Gasteiger partial charge in [0, 0.05) is 26.2 Å². The maximum atomic E-state index is 12.8. The van der Waals surface area contributed by atoms with E-state index in [2.05, 4.69) is 6.92 Å². The predicted molar refractivity (Wildman–Crippen MR) is 75.2 cm³/mol. The molecule has 2 rings (SSSR count). The standard InChI is InChI=1S/C16H28O3/c1-3-19-16(8-4-5-13(2)12-16)15(17)11-14-6-9-18-10-7-14/h13-14H,3-12H2,1-2H3. The van der Waals surface area contributed by atoms with Gasteiger partial charge in [0.25, 0.3) is 0 Å². The fourth-order valence-electron chi connectivity index (χ4n) is 3.64. The summed E-state index contributed by atoms with van der Waals surface area (Å²) in [6.45, 7) is 6.52. The number of Topliss-reactive ketones (excluding diaryl/α,β-unsaturated/α-hetero) is 1. The molecule has 2 aliphatic rings. The quantitative estimate of drug-likeness (QED) is 0.767. The SMILES string of the molecule is CCOC1(C(=O)CC2CCOCC2)CCCC(C)C1. The van der Waals surface area contributed by atoms with Crippen LogP contribution in [0.15, 0.2) is 0 Å². The number of carbonyl (C=O) groups is 1. The Labute approximate surface area is 117 Å². The van der Waals surface area contributed by atoms with E-state index in [1.807, 2.05) is 6.92 Å². The minimum Gasteiger partial charge on any atom is -0.381 e. The monoisotopic (exact) mass is 268 g/mol. The molecule has 3 nitrogen and oxygen atoms in total. The molecule has 0 aromatic heterocycles. The van der Waals surface area contributed by atoms with Gasteiger partial charge < -0.3 is 9.47 Å². The summed E-state index contributed by atoms with van der Waals surface area (Å²) in [4.78, 5) is 12.8. The number of ketones is 1. The molecule has 3 heteroatoms. The molecule has 1 saturated carbocycles. The van der Waals surface area contributed by atoms with E-state index >= 15 is 0 Å². The molecule has 0 aromatic carbocycles. The van der Waals surface area contributed by atoms with Crippen LogP contribution in [0.5, 0.6) is 0 Å². The molecular formula is C16H28O3. The summed E-state index contributed by atoms with van der Waals surface area (Å²) in [6, 6.07) is 0. The third-order valence-electron chi connectivity index (χ3n) is 4.70. The summed E-state index contributed by atoms with van der Waals surface area (Å²) in [6.07, 6.45) is 6.96. The fraction of sp³-hybridized carbons (Fsp3) is 0.938. The Morgan fingerprint density at radius 1 is 1.32 bits per heavy atom. The Balaban J connectivity index is 1.98. The van der Waals surface area contributed by atoms with Gasteiger partial charge in [0.15, 0.2) is 5.78 Å². The van der Waals surface area contributed by atoms with Crippen LogP contribution in [0.25, 0.3) is 0 Å². The van der Waals surface area contributed by atoms with Gasteiger partial charge in [-0.2, -0.15) is 0 Å². The lowest BCUT2D eigenvalue weighted by Crippen LogP contribution is -2.46. The first kappa shape index (κ1) is 15.0. The lowest BCUT2D eigenvalue weighted by atomic mass is 9.74. The van der Waals surface area contributed by atoms with E-state index in [1.54, 1.807) is 0 Å². The van der Waals surface area contributed by atoms with Crippen LogP contribution in [0.2, 0.25) is 0 Å². The molecule has 110 valence electrons. The maximum Gasteiger partial charge on any atom is 0.164 e. The van der Waals surface area contributed by atoms with Gasteiger partial charge in [0.2, 0.25) is 0 Å². The van der Waals surface area contributed by atoms with Gasteiger partial charge in [0.1, 0.15) is 5.60 Å². The van der Waals surface area contributed by atoms with E-state index in [-0.39, 0.29) is 0 Å². The number of rotatable bonds is 5. The number of carbonyl (C=O) groups excluding carboxylic acids is 1. The van der Waals surface area contributed by atoms with Gasteiger partial charge in [-0.25, -0.2) is 0 Å². The number of hydrogen-bond acceptors (Lipinski definition) is 3. The highest BCUT2D eigenvalue weighted by Crippen LogP contribution is 2.38. The second-order valence-corrected chi connectivity index (χ2v) is 6.31. The third kappa shape index (κ3) is 3.79. The highest BCUT2D eigenvalue weighted by Gasteiger charge is 2.42. The molecule has 2 atom stereocenters. The van der Waals surface area contributed by atoms with Crippen LogP contribution in [0.4, 0.5) is 0 Å². The molecule has 0 radical (unpaired) electrons. The fourth-order valence-corrected chi connectivity index (χ4v) is 3.64. The van der Waals surface area contributed by atoms with Crippen LogP contribution in [-0.4, -0.2) is 31.2 Å². The molecule has 1 aliphatic carbocycles. The molecule has 0 N–H and O–H groups in total. The first-order valence-corrected chi connectivity index (χ1v) is 7.91. The first-order chi connectivity index (χ1) is 9.16. The van der Waals surface area contributed by atoms with Crippen molar-refractivity contribution in [3.8, 4) is 0 Å². The minimum atomic E-state index is -0.468. The molecule has 1 aliphatic heterocycles. The Kier molecular flexibility index (Phi) is 5.40. The zero-order valence-corrected chi connectivity index (χ0v) is 12.5.